The summed E-state index contributed by atoms with van der Waals surface area (Å²) < 4.78 is 5.84. The van der Waals surface area contributed by atoms with Crippen molar-refractivity contribution >= 4 is 0 Å². The molecular formula is C12H18N2O2. The first-order valence-electron chi connectivity index (χ1n) is 5.78. The number of aliphatic hydroxyl groups is 1. The van der Waals surface area contributed by atoms with Crippen molar-refractivity contribution < 1.29 is 9.84 Å². The summed E-state index contributed by atoms with van der Waals surface area (Å²) in [6, 6.07) is 3.77. The normalized spacial score (nSPS) is 21.2. The van der Waals surface area contributed by atoms with E-state index in [4.69, 9.17) is 9.84 Å². The highest BCUT2D eigenvalue weighted by Crippen LogP contribution is 2.17. The minimum atomic E-state index is 0.270. The lowest BCUT2D eigenvalue weighted by molar-refractivity contribution is 0.192. The summed E-state index contributed by atoms with van der Waals surface area (Å²) in [5.41, 5.74) is 0. The number of ether oxygens (including phenoxy) is 1. The molecule has 0 aromatic carbocycles. The van der Waals surface area contributed by atoms with Gasteiger partial charge < -0.3 is 9.84 Å². The molecular weight excluding hydrogens is 204 g/mol. The van der Waals surface area contributed by atoms with Crippen LogP contribution in [0.3, 0.4) is 0 Å². The van der Waals surface area contributed by atoms with E-state index < -0.39 is 0 Å². The highest BCUT2D eigenvalue weighted by molar-refractivity contribution is 5.17. The van der Waals surface area contributed by atoms with Crippen LogP contribution in [0.5, 0.6) is 5.75 Å². The monoisotopic (exact) mass is 222 g/mol. The molecule has 2 heterocycles. The topological polar surface area (TPSA) is 45.6 Å². The van der Waals surface area contributed by atoms with Gasteiger partial charge in [-0.25, -0.2) is 0 Å². The van der Waals surface area contributed by atoms with Crippen LogP contribution in [0.4, 0.5) is 0 Å². The van der Waals surface area contributed by atoms with E-state index >= 15 is 0 Å². The van der Waals surface area contributed by atoms with E-state index in [0.29, 0.717) is 0 Å². The van der Waals surface area contributed by atoms with Crippen LogP contribution < -0.4 is 4.74 Å². The third-order valence-corrected chi connectivity index (χ3v) is 2.81. The molecule has 1 unspecified atom stereocenters. The van der Waals surface area contributed by atoms with Crippen molar-refractivity contribution in [3.8, 4) is 5.75 Å². The second-order valence-corrected chi connectivity index (χ2v) is 4.09. The fourth-order valence-corrected chi connectivity index (χ4v) is 2.00. The second-order valence-electron chi connectivity index (χ2n) is 4.09. The van der Waals surface area contributed by atoms with E-state index in [1.807, 2.05) is 12.1 Å². The summed E-state index contributed by atoms with van der Waals surface area (Å²) in [5, 5.41) is 8.76. The summed E-state index contributed by atoms with van der Waals surface area (Å²) in [7, 11) is 0. The molecule has 0 amide bonds. The minimum Gasteiger partial charge on any atom is -0.489 e. The molecule has 4 nitrogen and oxygen atoms in total. The standard InChI is InChI=1S/C12H18N2O2/c15-9-1-7-14-8-4-12(10-14)16-11-2-5-13-6-3-11/h2-3,5-6,12,15H,1,4,7-10H2. The first-order valence-corrected chi connectivity index (χ1v) is 5.78. The maximum atomic E-state index is 8.76. The third-order valence-electron chi connectivity index (χ3n) is 2.81. The van der Waals surface area contributed by atoms with E-state index in [1.165, 1.54) is 0 Å². The molecule has 2 rings (SSSR count). The molecule has 0 spiro atoms. The predicted octanol–water partition coefficient (Wildman–Crippen LogP) is 0.917. The fraction of sp³-hybridized carbons (Fsp3) is 0.583. The van der Waals surface area contributed by atoms with Gasteiger partial charge in [0.05, 0.1) is 0 Å². The van der Waals surface area contributed by atoms with Crippen molar-refractivity contribution in [3.05, 3.63) is 24.5 Å². The Kier molecular flexibility index (Phi) is 4.13. The van der Waals surface area contributed by atoms with Gasteiger partial charge >= 0.3 is 0 Å². The molecule has 1 aliphatic rings. The summed E-state index contributed by atoms with van der Waals surface area (Å²) >= 11 is 0. The van der Waals surface area contributed by atoms with E-state index in [-0.39, 0.29) is 12.7 Å². The first kappa shape index (κ1) is 11.4. The number of aliphatic hydroxyl groups excluding tert-OH is 1. The third kappa shape index (κ3) is 3.18. The van der Waals surface area contributed by atoms with E-state index in [9.17, 15) is 0 Å². The maximum Gasteiger partial charge on any atom is 0.122 e. The molecule has 1 fully saturated rings. The van der Waals surface area contributed by atoms with Gasteiger partial charge in [-0.15, -0.1) is 0 Å². The average molecular weight is 222 g/mol. The zero-order valence-corrected chi connectivity index (χ0v) is 9.38. The fourth-order valence-electron chi connectivity index (χ4n) is 2.00. The highest BCUT2D eigenvalue weighted by atomic mass is 16.5. The number of nitrogens with zero attached hydrogens (tertiary/aromatic N) is 2. The van der Waals surface area contributed by atoms with Crippen LogP contribution >= 0.6 is 0 Å². The molecule has 1 atom stereocenters. The van der Waals surface area contributed by atoms with E-state index in [2.05, 4.69) is 9.88 Å². The summed E-state index contributed by atoms with van der Waals surface area (Å²) in [6.45, 7) is 3.26. The van der Waals surface area contributed by atoms with Crippen LogP contribution in [0.15, 0.2) is 24.5 Å². The first-order chi connectivity index (χ1) is 7.88. The van der Waals surface area contributed by atoms with Gasteiger partial charge in [0.25, 0.3) is 0 Å². The number of pyridine rings is 1. The van der Waals surface area contributed by atoms with Crippen molar-refractivity contribution in [2.45, 2.75) is 18.9 Å². The van der Waals surface area contributed by atoms with Crippen LogP contribution in [0.25, 0.3) is 0 Å². The van der Waals surface area contributed by atoms with Crippen LogP contribution in [-0.2, 0) is 0 Å². The lowest BCUT2D eigenvalue weighted by Crippen LogP contribution is -2.26. The summed E-state index contributed by atoms with van der Waals surface area (Å²) in [4.78, 5) is 6.29. The smallest absolute Gasteiger partial charge is 0.122 e. The van der Waals surface area contributed by atoms with Crippen molar-refractivity contribution in [3.63, 3.8) is 0 Å². The molecule has 88 valence electrons. The Bertz CT molecular complexity index is 305. The lowest BCUT2D eigenvalue weighted by atomic mass is 10.3. The molecule has 1 aliphatic heterocycles. The number of likely N-dealkylation sites (tertiary alicyclic amines) is 1. The van der Waals surface area contributed by atoms with Gasteiger partial charge in [-0.3, -0.25) is 9.88 Å². The molecule has 1 aromatic heterocycles. The number of aromatic nitrogens is 1. The van der Waals surface area contributed by atoms with Crippen LogP contribution in [-0.4, -0.2) is 47.3 Å². The van der Waals surface area contributed by atoms with Gasteiger partial charge in [0.15, 0.2) is 0 Å². The molecule has 1 saturated heterocycles. The Morgan fingerprint density at radius 1 is 1.44 bits per heavy atom. The summed E-state index contributed by atoms with van der Waals surface area (Å²) in [5.74, 6) is 0.893. The van der Waals surface area contributed by atoms with Crippen molar-refractivity contribution in [1.82, 2.24) is 9.88 Å². The molecule has 0 radical (unpaired) electrons. The zero-order chi connectivity index (χ0) is 11.2. The maximum absolute atomic E-state index is 8.76. The molecule has 1 N–H and O–H groups in total. The van der Waals surface area contributed by atoms with Gasteiger partial charge in [-0.05, 0) is 25.0 Å². The van der Waals surface area contributed by atoms with Gasteiger partial charge in [0, 0.05) is 38.6 Å². The molecule has 0 saturated carbocycles. The van der Waals surface area contributed by atoms with Crippen LogP contribution in [0.2, 0.25) is 0 Å². The Hall–Kier alpha value is -1.13. The Morgan fingerprint density at radius 2 is 2.25 bits per heavy atom. The quantitative estimate of drug-likeness (QED) is 0.804. The minimum absolute atomic E-state index is 0.270. The number of rotatable bonds is 5. The molecule has 0 aliphatic carbocycles. The van der Waals surface area contributed by atoms with Gasteiger partial charge in [0.2, 0.25) is 0 Å². The Balaban J connectivity index is 1.76. The van der Waals surface area contributed by atoms with Gasteiger partial charge in [-0.1, -0.05) is 0 Å². The predicted molar refractivity (Wildman–Crippen MR) is 61.4 cm³/mol. The van der Waals surface area contributed by atoms with Gasteiger partial charge in [-0.2, -0.15) is 0 Å². The summed E-state index contributed by atoms with van der Waals surface area (Å²) in [6.07, 6.45) is 5.68. The molecule has 1 aromatic rings. The zero-order valence-electron chi connectivity index (χ0n) is 9.38. The van der Waals surface area contributed by atoms with Crippen molar-refractivity contribution in [2.24, 2.45) is 0 Å². The van der Waals surface area contributed by atoms with Gasteiger partial charge in [0.1, 0.15) is 11.9 Å². The number of hydrogen-bond acceptors (Lipinski definition) is 4. The Labute approximate surface area is 95.9 Å². The lowest BCUT2D eigenvalue weighted by Gasteiger charge is -2.16. The largest absolute Gasteiger partial charge is 0.489 e. The molecule has 4 heteroatoms. The van der Waals surface area contributed by atoms with Crippen molar-refractivity contribution in [2.75, 3.05) is 26.2 Å². The number of hydrogen-bond donors (Lipinski definition) is 1. The van der Waals surface area contributed by atoms with Crippen molar-refractivity contribution in [1.29, 1.82) is 0 Å². The highest BCUT2D eigenvalue weighted by Gasteiger charge is 2.23. The Morgan fingerprint density at radius 3 is 3.00 bits per heavy atom. The molecule has 16 heavy (non-hydrogen) atoms. The average Bonchev–Trinajstić information content (AvgIpc) is 2.75. The van der Waals surface area contributed by atoms with E-state index in [0.717, 1.165) is 38.2 Å². The van der Waals surface area contributed by atoms with Crippen LogP contribution in [0.1, 0.15) is 12.8 Å². The van der Waals surface area contributed by atoms with Crippen LogP contribution in [0, 0.1) is 0 Å². The second kappa shape index (κ2) is 5.82. The van der Waals surface area contributed by atoms with E-state index in [1.54, 1.807) is 12.4 Å². The SMILES string of the molecule is OCCCN1CCC(Oc2ccncc2)C1. The molecule has 0 bridgehead atoms.